The molecule has 0 amide bonds. The first-order valence-electron chi connectivity index (χ1n) is 17.4. The zero-order valence-corrected chi connectivity index (χ0v) is 31.6. The number of hydrogen-bond donors (Lipinski definition) is 0. The Bertz CT molecular complexity index is 553. The Morgan fingerprint density at radius 2 is 0.489 bits per heavy atom. The van der Waals surface area contributed by atoms with Gasteiger partial charge in [0.05, 0.1) is 165 Å². The summed E-state index contributed by atoms with van der Waals surface area (Å²) in [5, 5.41) is 0. The van der Waals surface area contributed by atoms with Crippen LogP contribution in [0.1, 0.15) is 39.5 Å². The summed E-state index contributed by atoms with van der Waals surface area (Å²) >= 11 is 2.42. The predicted molar refractivity (Wildman–Crippen MR) is 188 cm³/mol. The molecule has 47 heavy (non-hydrogen) atoms. The smallest absolute Gasteiger partial charge is 0.0703 e. The van der Waals surface area contributed by atoms with E-state index in [-0.39, 0.29) is 6.10 Å². The van der Waals surface area contributed by atoms with E-state index in [2.05, 4.69) is 22.6 Å². The lowest BCUT2D eigenvalue weighted by Gasteiger charge is -2.09. The fourth-order valence-corrected chi connectivity index (χ4v) is 4.06. The Morgan fingerprint density at radius 1 is 0.277 bits per heavy atom. The third-order valence-corrected chi connectivity index (χ3v) is 6.71. The summed E-state index contributed by atoms with van der Waals surface area (Å²) < 4.78 is 72.4. The Balaban J connectivity index is 3.04. The van der Waals surface area contributed by atoms with Gasteiger partial charge >= 0.3 is 0 Å². The van der Waals surface area contributed by atoms with Crippen molar-refractivity contribution in [1.82, 2.24) is 0 Å². The summed E-state index contributed by atoms with van der Waals surface area (Å²) in [7, 11) is 0. The van der Waals surface area contributed by atoms with Crippen LogP contribution in [0.2, 0.25) is 0 Å². The van der Waals surface area contributed by atoms with Crippen LogP contribution in [0.15, 0.2) is 0 Å². The van der Waals surface area contributed by atoms with E-state index in [4.69, 9.17) is 61.6 Å². The van der Waals surface area contributed by atoms with Crippen molar-refractivity contribution in [3.05, 3.63) is 0 Å². The van der Waals surface area contributed by atoms with Crippen molar-refractivity contribution in [1.29, 1.82) is 0 Å². The molecule has 0 aliphatic carbocycles. The molecule has 0 aromatic rings. The van der Waals surface area contributed by atoms with Crippen molar-refractivity contribution in [2.75, 3.05) is 170 Å². The third-order valence-electron chi connectivity index (χ3n) is 5.94. The Hall–Kier alpha value is 0.210. The second-order valence-electron chi connectivity index (χ2n) is 10.4. The molecular weight excluding hydrogens is 731 g/mol. The van der Waals surface area contributed by atoms with Crippen LogP contribution in [0.5, 0.6) is 0 Å². The molecule has 0 aliphatic rings. The van der Waals surface area contributed by atoms with Gasteiger partial charge < -0.3 is 61.6 Å². The number of hydrogen-bond acceptors (Lipinski definition) is 13. The molecule has 0 heterocycles. The van der Waals surface area contributed by atoms with Crippen LogP contribution in [-0.4, -0.2) is 176 Å². The van der Waals surface area contributed by atoms with Gasteiger partial charge in [-0.1, -0.05) is 35.4 Å². The molecule has 0 aliphatic heterocycles. The number of alkyl halides is 1. The molecule has 0 aromatic heterocycles. The highest BCUT2D eigenvalue weighted by molar-refractivity contribution is 14.1. The molecule has 0 saturated carbocycles. The van der Waals surface area contributed by atoms with Gasteiger partial charge in [0.25, 0.3) is 0 Å². The molecule has 13 nitrogen and oxygen atoms in total. The van der Waals surface area contributed by atoms with Gasteiger partial charge in [0, 0.05) is 6.61 Å². The maximum Gasteiger partial charge on any atom is 0.0703 e. The number of unbranched alkanes of at least 4 members (excludes halogenated alkanes) is 3. The Labute approximate surface area is 298 Å². The lowest BCUT2D eigenvalue weighted by molar-refractivity contribution is -0.0298. The zero-order chi connectivity index (χ0) is 34.0. The van der Waals surface area contributed by atoms with Crippen molar-refractivity contribution in [2.24, 2.45) is 0 Å². The van der Waals surface area contributed by atoms with Crippen molar-refractivity contribution in [3.8, 4) is 0 Å². The largest absolute Gasteiger partial charge is 0.379 e. The molecule has 0 unspecified atom stereocenters. The van der Waals surface area contributed by atoms with E-state index in [1.807, 2.05) is 13.8 Å². The van der Waals surface area contributed by atoms with Crippen LogP contribution in [0.25, 0.3) is 0 Å². The fraction of sp³-hybridized carbons (Fsp3) is 1.00. The van der Waals surface area contributed by atoms with Crippen LogP contribution in [-0.2, 0) is 61.6 Å². The van der Waals surface area contributed by atoms with Crippen LogP contribution >= 0.6 is 22.6 Å². The van der Waals surface area contributed by atoms with E-state index in [9.17, 15) is 0 Å². The topological polar surface area (TPSA) is 120 Å². The van der Waals surface area contributed by atoms with Crippen molar-refractivity contribution >= 4 is 22.6 Å². The predicted octanol–water partition coefficient (Wildman–Crippen LogP) is 3.61. The molecule has 0 atom stereocenters. The molecule has 284 valence electrons. The molecule has 0 radical (unpaired) electrons. The van der Waals surface area contributed by atoms with Gasteiger partial charge in [-0.05, 0) is 31.1 Å². The fourth-order valence-electron chi connectivity index (χ4n) is 3.52. The summed E-state index contributed by atoms with van der Waals surface area (Å²) in [6.45, 7) is 17.9. The standard InChI is InChI=1S/C33H67IO13/c1-33(2)47-32-31-46-30-29-45-28-27-44-26-25-43-24-23-42-22-21-41-20-19-40-18-17-39-16-15-38-14-13-37-12-11-36-10-9-35-8-6-4-3-5-7-34/h33H,3-32H2,1-2H3. The average molecular weight is 799 g/mol. The van der Waals surface area contributed by atoms with E-state index in [1.165, 1.54) is 23.7 Å². The summed E-state index contributed by atoms with van der Waals surface area (Å²) in [6, 6.07) is 0. The first-order valence-corrected chi connectivity index (χ1v) is 18.9. The van der Waals surface area contributed by atoms with Crippen LogP contribution in [0.4, 0.5) is 0 Å². The monoisotopic (exact) mass is 798 g/mol. The zero-order valence-electron chi connectivity index (χ0n) is 29.5. The van der Waals surface area contributed by atoms with Gasteiger partial charge in [-0.2, -0.15) is 0 Å². The first-order chi connectivity index (χ1) is 23.3. The highest BCUT2D eigenvalue weighted by atomic mass is 127. The van der Waals surface area contributed by atoms with Crippen LogP contribution in [0.3, 0.4) is 0 Å². The highest BCUT2D eigenvalue weighted by Gasteiger charge is 1.97. The number of rotatable bonds is 43. The highest BCUT2D eigenvalue weighted by Crippen LogP contribution is 2.02. The lowest BCUT2D eigenvalue weighted by Crippen LogP contribution is -2.15. The maximum absolute atomic E-state index is 5.56. The van der Waals surface area contributed by atoms with Crippen molar-refractivity contribution in [3.63, 3.8) is 0 Å². The van der Waals surface area contributed by atoms with Gasteiger partial charge in [-0.15, -0.1) is 0 Å². The van der Waals surface area contributed by atoms with Crippen LogP contribution < -0.4 is 0 Å². The van der Waals surface area contributed by atoms with Crippen molar-refractivity contribution in [2.45, 2.75) is 45.6 Å². The first kappa shape index (κ1) is 47.2. The normalized spacial score (nSPS) is 11.7. The van der Waals surface area contributed by atoms with E-state index in [1.54, 1.807) is 0 Å². The molecular formula is C33H67IO13. The quantitative estimate of drug-likeness (QED) is 0.0509. The maximum atomic E-state index is 5.56. The van der Waals surface area contributed by atoms with Gasteiger partial charge in [-0.3, -0.25) is 0 Å². The molecule has 0 aromatic carbocycles. The minimum Gasteiger partial charge on any atom is -0.379 e. The van der Waals surface area contributed by atoms with Crippen molar-refractivity contribution < 1.29 is 61.6 Å². The van der Waals surface area contributed by atoms with E-state index >= 15 is 0 Å². The minimum absolute atomic E-state index is 0.232. The van der Waals surface area contributed by atoms with E-state index < -0.39 is 0 Å². The summed E-state index contributed by atoms with van der Waals surface area (Å²) in [5.41, 5.74) is 0. The number of ether oxygens (including phenoxy) is 13. The second kappa shape index (κ2) is 44.2. The molecule has 0 saturated heterocycles. The van der Waals surface area contributed by atoms with E-state index in [0.717, 1.165) is 13.0 Å². The second-order valence-corrected chi connectivity index (χ2v) is 11.4. The van der Waals surface area contributed by atoms with Crippen LogP contribution in [0, 0.1) is 0 Å². The minimum atomic E-state index is 0.232. The molecule has 0 fully saturated rings. The molecule has 0 N–H and O–H groups in total. The molecule has 0 rings (SSSR count). The van der Waals surface area contributed by atoms with Gasteiger partial charge in [0.15, 0.2) is 0 Å². The summed E-state index contributed by atoms with van der Waals surface area (Å²) in [6.07, 6.45) is 5.21. The van der Waals surface area contributed by atoms with Gasteiger partial charge in [0.1, 0.15) is 0 Å². The average Bonchev–Trinajstić information content (AvgIpc) is 3.07. The molecule has 0 spiro atoms. The molecule has 0 bridgehead atoms. The lowest BCUT2D eigenvalue weighted by atomic mass is 10.2. The third kappa shape index (κ3) is 46.2. The van der Waals surface area contributed by atoms with Gasteiger partial charge in [0.2, 0.25) is 0 Å². The Morgan fingerprint density at radius 3 is 0.723 bits per heavy atom. The number of halogens is 1. The SMILES string of the molecule is CC(C)OCCOCCOCCOCCOCCOCCOCCOCCOCCOCCOCCOCCOCCCCCCI. The van der Waals surface area contributed by atoms with Gasteiger partial charge in [-0.25, -0.2) is 0 Å². The Kier molecular flexibility index (Phi) is 44.4. The van der Waals surface area contributed by atoms with E-state index in [0.29, 0.717) is 159 Å². The summed E-state index contributed by atoms with van der Waals surface area (Å²) in [5.74, 6) is 0. The summed E-state index contributed by atoms with van der Waals surface area (Å²) in [4.78, 5) is 0. The molecule has 14 heteroatoms.